The van der Waals surface area contributed by atoms with Gasteiger partial charge in [-0.25, -0.2) is 9.69 Å². The Morgan fingerprint density at radius 1 is 1.24 bits per heavy atom. The molecule has 2 rings (SSSR count). The second-order valence-corrected chi connectivity index (χ2v) is 7.73. The normalized spacial score (nSPS) is 18.0. The first-order valence-corrected chi connectivity index (χ1v) is 9.49. The average Bonchev–Trinajstić information content (AvgIpc) is 2.89. The lowest BCUT2D eigenvalue weighted by Gasteiger charge is -2.25. The molecule has 0 spiro atoms. The number of imide groups is 1. The minimum atomic E-state index is -1.36. The van der Waals surface area contributed by atoms with Crippen molar-refractivity contribution in [1.82, 2.24) is 0 Å². The Morgan fingerprint density at radius 2 is 1.86 bits per heavy atom. The van der Waals surface area contributed by atoms with Gasteiger partial charge in [0, 0.05) is 11.3 Å². The largest absolute Gasteiger partial charge is 0.466 e. The molecule has 1 aliphatic rings. The van der Waals surface area contributed by atoms with E-state index in [4.69, 9.17) is 9.47 Å². The fourth-order valence-corrected chi connectivity index (χ4v) is 3.48. The Bertz CT molecular complexity index is 815. The molecule has 0 unspecified atom stereocenters. The third-order valence-corrected chi connectivity index (χ3v) is 4.60. The molecule has 1 aromatic carbocycles. The van der Waals surface area contributed by atoms with E-state index in [2.05, 4.69) is 0 Å². The van der Waals surface area contributed by atoms with E-state index in [0.29, 0.717) is 5.56 Å². The van der Waals surface area contributed by atoms with Crippen LogP contribution in [0.5, 0.6) is 0 Å². The number of hydrogen-bond donors (Lipinski definition) is 0. The Morgan fingerprint density at radius 3 is 2.38 bits per heavy atom. The van der Waals surface area contributed by atoms with E-state index in [-0.39, 0.29) is 18.7 Å². The van der Waals surface area contributed by atoms with Crippen molar-refractivity contribution in [2.75, 3.05) is 11.5 Å². The maximum atomic E-state index is 13.3. The van der Waals surface area contributed by atoms with Gasteiger partial charge in [0.2, 0.25) is 11.9 Å². The van der Waals surface area contributed by atoms with Gasteiger partial charge in [-0.2, -0.15) is 0 Å². The number of hydrogen-bond acceptors (Lipinski definition) is 7. The number of para-hydroxylation sites is 1. The Kier molecular flexibility index (Phi) is 6.61. The van der Waals surface area contributed by atoms with Crippen molar-refractivity contribution < 1.29 is 28.8 Å². The molecular weight excluding hydrogens is 380 g/mol. The van der Waals surface area contributed by atoms with E-state index in [1.165, 1.54) is 0 Å². The molecule has 158 valence electrons. The zero-order valence-electron chi connectivity index (χ0n) is 17.2. The van der Waals surface area contributed by atoms with Crippen LogP contribution in [-0.4, -0.2) is 41.1 Å². The lowest BCUT2D eigenvalue weighted by atomic mass is 9.81. The monoisotopic (exact) mass is 406 g/mol. The summed E-state index contributed by atoms with van der Waals surface area (Å²) in [6.07, 6.45) is -0.872. The number of esters is 1. The number of anilines is 1. The van der Waals surface area contributed by atoms with Crippen LogP contribution in [0.1, 0.15) is 52.5 Å². The van der Waals surface area contributed by atoms with Crippen molar-refractivity contribution in [3.05, 3.63) is 39.9 Å². The molecule has 0 bridgehead atoms. The number of carbonyl (C=O) groups is 3. The Labute approximate surface area is 169 Å². The number of amides is 2. The van der Waals surface area contributed by atoms with E-state index >= 15 is 0 Å². The molecule has 9 nitrogen and oxygen atoms in total. The smallest absolute Gasteiger partial charge is 0.421 e. The first kappa shape index (κ1) is 22.3. The number of ether oxygens (including phenoxy) is 2. The molecule has 1 aliphatic heterocycles. The summed E-state index contributed by atoms with van der Waals surface area (Å²) in [7, 11) is 0. The first-order chi connectivity index (χ1) is 13.5. The van der Waals surface area contributed by atoms with Crippen LogP contribution >= 0.6 is 0 Å². The third kappa shape index (κ3) is 4.55. The van der Waals surface area contributed by atoms with Crippen molar-refractivity contribution in [1.29, 1.82) is 0 Å². The zero-order chi connectivity index (χ0) is 21.9. The molecule has 0 radical (unpaired) electrons. The minimum absolute atomic E-state index is 0.0157. The topological polar surface area (TPSA) is 116 Å². The van der Waals surface area contributed by atoms with Gasteiger partial charge in [-0.1, -0.05) is 25.1 Å². The van der Waals surface area contributed by atoms with Crippen LogP contribution in [0.4, 0.5) is 10.5 Å². The second-order valence-electron chi connectivity index (χ2n) is 7.73. The van der Waals surface area contributed by atoms with Crippen LogP contribution < -0.4 is 4.90 Å². The van der Waals surface area contributed by atoms with Gasteiger partial charge < -0.3 is 9.47 Å². The highest BCUT2D eigenvalue weighted by atomic mass is 16.6. The van der Waals surface area contributed by atoms with E-state index in [1.807, 2.05) is 0 Å². The molecule has 1 aromatic rings. The highest BCUT2D eigenvalue weighted by Crippen LogP contribution is 2.44. The number of benzene rings is 1. The van der Waals surface area contributed by atoms with Crippen LogP contribution in [0.15, 0.2) is 24.3 Å². The summed E-state index contributed by atoms with van der Waals surface area (Å²) in [5, 5.41) is 11.6. The minimum Gasteiger partial charge on any atom is -0.466 e. The number of fused-ring (bicyclic) bond motifs is 1. The molecule has 29 heavy (non-hydrogen) atoms. The van der Waals surface area contributed by atoms with Gasteiger partial charge in [-0.05, 0) is 39.3 Å². The highest BCUT2D eigenvalue weighted by molar-refractivity contribution is 6.20. The summed E-state index contributed by atoms with van der Waals surface area (Å²) in [5.74, 6) is -4.15. The fraction of sp³-hybridized carbons (Fsp3) is 0.550. The van der Waals surface area contributed by atoms with Crippen molar-refractivity contribution in [2.45, 2.75) is 58.6 Å². The molecule has 9 heteroatoms. The van der Waals surface area contributed by atoms with Crippen LogP contribution in [0, 0.1) is 16.0 Å². The van der Waals surface area contributed by atoms with Gasteiger partial charge in [-0.3, -0.25) is 19.7 Å². The van der Waals surface area contributed by atoms with Crippen molar-refractivity contribution in [3.8, 4) is 0 Å². The van der Waals surface area contributed by atoms with E-state index in [1.54, 1.807) is 58.9 Å². The number of rotatable bonds is 6. The molecule has 1 heterocycles. The Balaban J connectivity index is 2.57. The van der Waals surface area contributed by atoms with Crippen LogP contribution in [-0.2, 0) is 19.1 Å². The predicted molar refractivity (Wildman–Crippen MR) is 104 cm³/mol. The summed E-state index contributed by atoms with van der Waals surface area (Å²) in [4.78, 5) is 50.6. The van der Waals surface area contributed by atoms with Crippen molar-refractivity contribution in [2.24, 2.45) is 5.92 Å². The van der Waals surface area contributed by atoms with Gasteiger partial charge >= 0.3 is 12.1 Å². The second kappa shape index (κ2) is 8.59. The molecule has 0 fully saturated rings. The SMILES string of the molecule is CCOC(=O)[C@H]([C@H]1C(=O)N(C(=O)OC(C)(C)C)c2ccccc21)[C@H](CC)[N+](=O)[O-]. The quantitative estimate of drug-likeness (QED) is 0.404. The summed E-state index contributed by atoms with van der Waals surface area (Å²) < 4.78 is 10.4. The number of carbonyl (C=O) groups excluding carboxylic acids is 3. The maximum Gasteiger partial charge on any atom is 0.421 e. The standard InChI is InChI=1S/C20H26N2O7/c1-6-13(22(26)27)16(18(24)28-7-2)15-12-10-8-9-11-14(12)21(17(15)23)19(25)29-20(3,4)5/h8-11,13,15-16H,6-7H2,1-5H3/t13-,15-,16-/m0/s1. The summed E-state index contributed by atoms with van der Waals surface area (Å²) in [6.45, 7) is 8.15. The molecule has 3 atom stereocenters. The van der Waals surface area contributed by atoms with Gasteiger partial charge in [0.05, 0.1) is 18.2 Å². The van der Waals surface area contributed by atoms with Gasteiger partial charge in [-0.15, -0.1) is 0 Å². The van der Waals surface area contributed by atoms with Crippen LogP contribution in [0.2, 0.25) is 0 Å². The van der Waals surface area contributed by atoms with Gasteiger partial charge in [0.25, 0.3) is 0 Å². The van der Waals surface area contributed by atoms with Crippen molar-refractivity contribution in [3.63, 3.8) is 0 Å². The molecule has 0 N–H and O–H groups in total. The predicted octanol–water partition coefficient (Wildman–Crippen LogP) is 3.29. The molecule has 2 amide bonds. The average molecular weight is 406 g/mol. The molecule has 0 aliphatic carbocycles. The first-order valence-electron chi connectivity index (χ1n) is 9.49. The van der Waals surface area contributed by atoms with Crippen LogP contribution in [0.3, 0.4) is 0 Å². The van der Waals surface area contributed by atoms with Gasteiger partial charge in [0.15, 0.2) is 0 Å². The summed E-state index contributed by atoms with van der Waals surface area (Å²) in [5.41, 5.74) is -0.233. The van der Waals surface area contributed by atoms with E-state index in [0.717, 1.165) is 4.90 Å². The third-order valence-electron chi connectivity index (χ3n) is 4.60. The molecule has 0 saturated heterocycles. The lowest BCUT2D eigenvalue weighted by molar-refractivity contribution is -0.530. The van der Waals surface area contributed by atoms with Gasteiger partial charge in [0.1, 0.15) is 11.5 Å². The van der Waals surface area contributed by atoms with Crippen LogP contribution in [0.25, 0.3) is 0 Å². The summed E-state index contributed by atoms with van der Waals surface area (Å²) >= 11 is 0. The summed E-state index contributed by atoms with van der Waals surface area (Å²) in [6, 6.07) is 5.08. The Hall–Kier alpha value is -2.97. The van der Waals surface area contributed by atoms with E-state index in [9.17, 15) is 24.5 Å². The molecule has 0 saturated carbocycles. The number of nitro groups is 1. The highest BCUT2D eigenvalue weighted by Gasteiger charge is 2.53. The number of nitrogens with zero attached hydrogens (tertiary/aromatic N) is 2. The lowest BCUT2D eigenvalue weighted by Crippen LogP contribution is -2.45. The maximum absolute atomic E-state index is 13.3. The zero-order valence-corrected chi connectivity index (χ0v) is 17.2. The van der Waals surface area contributed by atoms with Crippen molar-refractivity contribution >= 4 is 23.7 Å². The van der Waals surface area contributed by atoms with E-state index < -0.39 is 46.4 Å². The molecule has 0 aromatic heterocycles. The fourth-order valence-electron chi connectivity index (χ4n) is 3.48. The molecular formula is C20H26N2O7.